The summed E-state index contributed by atoms with van der Waals surface area (Å²) in [6.45, 7) is 4.03. The number of nitrogens with zero attached hydrogens (tertiary/aromatic N) is 2. The van der Waals surface area contributed by atoms with Crippen molar-refractivity contribution in [2.45, 2.75) is 19.7 Å². The van der Waals surface area contributed by atoms with E-state index in [1.54, 1.807) is 0 Å². The molecule has 0 atom stereocenters. The molecule has 0 aliphatic carbocycles. The first kappa shape index (κ1) is 14.9. The van der Waals surface area contributed by atoms with E-state index in [-0.39, 0.29) is 0 Å². The van der Waals surface area contributed by atoms with Gasteiger partial charge in [-0.15, -0.1) is 11.6 Å². The van der Waals surface area contributed by atoms with E-state index in [1.807, 2.05) is 31.2 Å². The van der Waals surface area contributed by atoms with Crippen molar-refractivity contribution in [1.82, 2.24) is 9.55 Å². The van der Waals surface area contributed by atoms with Gasteiger partial charge in [-0.3, -0.25) is 4.57 Å². The lowest BCUT2D eigenvalue weighted by atomic mass is 10.2. The van der Waals surface area contributed by atoms with Gasteiger partial charge in [-0.05, 0) is 59.1 Å². The fourth-order valence-corrected chi connectivity index (χ4v) is 3.43. The first-order chi connectivity index (χ1) is 10.0. The van der Waals surface area contributed by atoms with Crippen LogP contribution >= 0.6 is 39.1 Å². The molecule has 1 aromatic heterocycles. The number of benzene rings is 2. The van der Waals surface area contributed by atoms with Crippen LogP contribution in [0.3, 0.4) is 0 Å². The van der Waals surface area contributed by atoms with Gasteiger partial charge < -0.3 is 0 Å². The molecule has 0 aliphatic rings. The zero-order valence-corrected chi connectivity index (χ0v) is 14.7. The van der Waals surface area contributed by atoms with Crippen molar-refractivity contribution in [2.75, 3.05) is 0 Å². The molecule has 0 aliphatic heterocycles. The summed E-state index contributed by atoms with van der Waals surface area (Å²) >= 11 is 16.0. The number of alkyl halides is 1. The molecule has 1 heterocycles. The van der Waals surface area contributed by atoms with Crippen molar-refractivity contribution in [3.05, 3.63) is 56.8 Å². The minimum Gasteiger partial charge on any atom is -0.294 e. The molecule has 2 aromatic carbocycles. The van der Waals surface area contributed by atoms with Crippen molar-refractivity contribution < 1.29 is 0 Å². The Hall–Kier alpha value is -1.03. The topological polar surface area (TPSA) is 17.8 Å². The summed E-state index contributed by atoms with van der Waals surface area (Å²) < 4.78 is 3.03. The minimum atomic E-state index is 0.339. The van der Waals surface area contributed by atoms with E-state index < -0.39 is 0 Å². The van der Waals surface area contributed by atoms with E-state index in [9.17, 15) is 0 Å². The van der Waals surface area contributed by atoms with Crippen LogP contribution in [0.4, 0.5) is 0 Å². The highest BCUT2D eigenvalue weighted by Gasteiger charge is 2.16. The van der Waals surface area contributed by atoms with E-state index in [2.05, 4.69) is 38.5 Å². The second kappa shape index (κ2) is 5.64. The second-order valence-electron chi connectivity index (χ2n) is 4.99. The second-order valence-corrected chi connectivity index (χ2v) is 6.52. The number of para-hydroxylation sites is 1. The summed E-state index contributed by atoms with van der Waals surface area (Å²) in [4.78, 5) is 4.67. The highest BCUT2D eigenvalue weighted by molar-refractivity contribution is 9.10. The van der Waals surface area contributed by atoms with Gasteiger partial charge >= 0.3 is 0 Å². The number of fused-ring (bicyclic) bond motifs is 1. The molecule has 21 heavy (non-hydrogen) atoms. The van der Waals surface area contributed by atoms with E-state index in [1.165, 1.54) is 0 Å². The van der Waals surface area contributed by atoms with Crippen LogP contribution in [-0.4, -0.2) is 9.55 Å². The van der Waals surface area contributed by atoms with Gasteiger partial charge in [0.15, 0.2) is 0 Å². The largest absolute Gasteiger partial charge is 0.294 e. The Labute approximate surface area is 141 Å². The van der Waals surface area contributed by atoms with E-state index in [0.717, 1.165) is 43.2 Å². The van der Waals surface area contributed by atoms with Gasteiger partial charge in [-0.1, -0.05) is 23.7 Å². The summed E-state index contributed by atoms with van der Waals surface area (Å²) in [6, 6.07) is 10.1. The van der Waals surface area contributed by atoms with Crippen LogP contribution in [-0.2, 0) is 5.88 Å². The van der Waals surface area contributed by atoms with Crippen molar-refractivity contribution in [3.63, 3.8) is 0 Å². The number of hydrogen-bond acceptors (Lipinski definition) is 1. The maximum atomic E-state index is 6.29. The maximum Gasteiger partial charge on any atom is 0.129 e. The van der Waals surface area contributed by atoms with Crippen LogP contribution in [0.2, 0.25) is 5.02 Å². The van der Waals surface area contributed by atoms with Crippen molar-refractivity contribution in [2.24, 2.45) is 0 Å². The summed E-state index contributed by atoms with van der Waals surface area (Å²) in [5.74, 6) is 1.15. The van der Waals surface area contributed by atoms with Crippen LogP contribution in [0.5, 0.6) is 0 Å². The molecule has 0 spiro atoms. The third kappa shape index (κ3) is 2.48. The number of halogens is 3. The molecule has 3 aromatic rings. The molecule has 108 valence electrons. The Kier molecular flexibility index (Phi) is 4.00. The van der Waals surface area contributed by atoms with Gasteiger partial charge in [-0.25, -0.2) is 4.98 Å². The Morgan fingerprint density at radius 3 is 2.67 bits per heavy atom. The molecule has 5 heteroatoms. The molecule has 3 rings (SSSR count). The van der Waals surface area contributed by atoms with Gasteiger partial charge in [0.25, 0.3) is 0 Å². The van der Waals surface area contributed by atoms with Gasteiger partial charge in [0.05, 0.1) is 22.6 Å². The zero-order valence-electron chi connectivity index (χ0n) is 11.6. The zero-order chi connectivity index (χ0) is 15.1. The average molecular weight is 384 g/mol. The lowest BCUT2D eigenvalue weighted by molar-refractivity contribution is 0.976. The molecule has 0 amide bonds. The normalized spacial score (nSPS) is 11.3. The number of imidazole rings is 1. The Balaban J connectivity index is 2.39. The van der Waals surface area contributed by atoms with Crippen LogP contribution in [0.15, 0.2) is 34.8 Å². The number of hydrogen-bond donors (Lipinski definition) is 0. The van der Waals surface area contributed by atoms with Crippen molar-refractivity contribution in [1.29, 1.82) is 0 Å². The number of aryl methyl sites for hydroxylation is 2. The third-order valence-corrected chi connectivity index (χ3v) is 4.83. The molecule has 0 unspecified atom stereocenters. The van der Waals surface area contributed by atoms with E-state index in [0.29, 0.717) is 5.88 Å². The minimum absolute atomic E-state index is 0.339. The summed E-state index contributed by atoms with van der Waals surface area (Å²) in [5.41, 5.74) is 5.12. The lowest BCUT2D eigenvalue weighted by Crippen LogP contribution is -2.01. The summed E-state index contributed by atoms with van der Waals surface area (Å²) in [7, 11) is 0. The Morgan fingerprint density at radius 1 is 1.19 bits per heavy atom. The fourth-order valence-electron chi connectivity index (χ4n) is 2.45. The highest BCUT2D eigenvalue weighted by Crippen LogP contribution is 2.32. The SMILES string of the molecule is Cc1cc(Br)c(-n2c(CCl)nc3c(C)cccc32)cc1Cl. The van der Waals surface area contributed by atoms with Crippen LogP contribution in [0, 0.1) is 13.8 Å². The first-order valence-electron chi connectivity index (χ1n) is 6.52. The average Bonchev–Trinajstić information content (AvgIpc) is 2.83. The summed E-state index contributed by atoms with van der Waals surface area (Å²) in [5, 5.41) is 0.725. The summed E-state index contributed by atoms with van der Waals surface area (Å²) in [6.07, 6.45) is 0. The number of aromatic nitrogens is 2. The molecule has 2 nitrogen and oxygen atoms in total. The predicted molar refractivity (Wildman–Crippen MR) is 92.8 cm³/mol. The van der Waals surface area contributed by atoms with Crippen LogP contribution < -0.4 is 0 Å². The lowest BCUT2D eigenvalue weighted by Gasteiger charge is -2.12. The quantitative estimate of drug-likeness (QED) is 0.511. The van der Waals surface area contributed by atoms with E-state index in [4.69, 9.17) is 23.2 Å². The van der Waals surface area contributed by atoms with Crippen LogP contribution in [0.25, 0.3) is 16.7 Å². The third-order valence-electron chi connectivity index (χ3n) is 3.54. The van der Waals surface area contributed by atoms with Crippen molar-refractivity contribution in [3.8, 4) is 5.69 Å². The predicted octanol–water partition coefficient (Wildman–Crippen LogP) is 5.80. The molecule has 0 bridgehead atoms. The standard InChI is InChI=1S/C16H13BrCl2N2/c1-9-4-3-5-13-16(9)20-15(8-18)21(13)14-7-12(19)10(2)6-11(14)17/h3-7H,8H2,1-2H3. The maximum absolute atomic E-state index is 6.29. The monoisotopic (exact) mass is 382 g/mol. The van der Waals surface area contributed by atoms with Gasteiger partial charge in [0, 0.05) is 9.50 Å². The molecule has 0 radical (unpaired) electrons. The van der Waals surface area contributed by atoms with Gasteiger partial charge in [-0.2, -0.15) is 0 Å². The number of rotatable bonds is 2. The first-order valence-corrected chi connectivity index (χ1v) is 8.22. The van der Waals surface area contributed by atoms with Crippen LogP contribution in [0.1, 0.15) is 17.0 Å². The molecular weight excluding hydrogens is 371 g/mol. The van der Waals surface area contributed by atoms with Gasteiger partial charge in [0.2, 0.25) is 0 Å². The molecule has 0 fully saturated rings. The fraction of sp³-hybridized carbons (Fsp3) is 0.188. The van der Waals surface area contributed by atoms with Crippen molar-refractivity contribution >= 4 is 50.2 Å². The molecular formula is C16H13BrCl2N2. The highest BCUT2D eigenvalue weighted by atomic mass is 79.9. The molecule has 0 saturated heterocycles. The van der Waals surface area contributed by atoms with Gasteiger partial charge in [0.1, 0.15) is 5.82 Å². The Bertz CT molecular complexity index is 840. The Morgan fingerprint density at radius 2 is 1.95 bits per heavy atom. The molecule has 0 saturated carbocycles. The molecule has 0 N–H and O–H groups in total. The smallest absolute Gasteiger partial charge is 0.129 e. The van der Waals surface area contributed by atoms with E-state index >= 15 is 0 Å².